The number of benzene rings is 1. The van der Waals surface area contributed by atoms with E-state index < -0.39 is 0 Å². The number of anilines is 1. The second kappa shape index (κ2) is 10.9. The Morgan fingerprint density at radius 1 is 1.30 bits per heavy atom. The molecular weight excluding hydrogens is 477 g/mol. The summed E-state index contributed by atoms with van der Waals surface area (Å²) in [6.07, 6.45) is 3.24. The zero-order valence-corrected chi connectivity index (χ0v) is 18.9. The first kappa shape index (κ1) is 22.1. The highest BCUT2D eigenvalue weighted by atomic mass is 127. The molecule has 2 fully saturated rings. The molecule has 0 radical (unpaired) electrons. The summed E-state index contributed by atoms with van der Waals surface area (Å²) in [6, 6.07) is 8.26. The molecule has 2 saturated heterocycles. The number of hydrogen-bond acceptors (Lipinski definition) is 3. The number of nitrogens with one attached hydrogen (secondary N) is 2. The summed E-state index contributed by atoms with van der Waals surface area (Å²) >= 11 is 6.10. The van der Waals surface area contributed by atoms with Gasteiger partial charge < -0.3 is 20.4 Å². The first-order valence-corrected chi connectivity index (χ1v) is 9.86. The van der Waals surface area contributed by atoms with Crippen molar-refractivity contribution in [1.29, 1.82) is 0 Å². The molecule has 150 valence electrons. The Hall–Kier alpha value is -1.22. The number of aliphatic imine (C=N–C) groups is 1. The molecule has 2 heterocycles. The number of carbonyl (C=O) groups is 1. The molecule has 1 aromatic rings. The number of carbonyl (C=O) groups excluding carboxylic acids is 1. The second-order valence-electron chi connectivity index (χ2n) is 6.84. The van der Waals surface area contributed by atoms with E-state index >= 15 is 0 Å². The lowest BCUT2D eigenvalue weighted by atomic mass is 10.3. The predicted molar refractivity (Wildman–Crippen MR) is 122 cm³/mol. The summed E-state index contributed by atoms with van der Waals surface area (Å²) in [5.41, 5.74) is 1.15. The predicted octanol–water partition coefficient (Wildman–Crippen LogP) is 2.71. The highest BCUT2D eigenvalue weighted by Gasteiger charge is 2.24. The number of guanidine groups is 1. The van der Waals surface area contributed by atoms with E-state index in [1.54, 1.807) is 0 Å². The van der Waals surface area contributed by atoms with Crippen LogP contribution in [0.2, 0.25) is 5.02 Å². The van der Waals surface area contributed by atoms with Gasteiger partial charge in [0.2, 0.25) is 5.91 Å². The van der Waals surface area contributed by atoms with Gasteiger partial charge in [-0.15, -0.1) is 24.0 Å². The molecular formula is C19H29ClIN5O. The lowest BCUT2D eigenvalue weighted by Crippen LogP contribution is -2.45. The smallest absolute Gasteiger partial charge is 0.244 e. The van der Waals surface area contributed by atoms with E-state index in [1.165, 1.54) is 0 Å². The van der Waals surface area contributed by atoms with Gasteiger partial charge in [0.15, 0.2) is 5.96 Å². The van der Waals surface area contributed by atoms with Crippen molar-refractivity contribution in [3.63, 3.8) is 0 Å². The Morgan fingerprint density at radius 2 is 2.07 bits per heavy atom. The Labute approximate surface area is 183 Å². The Bertz CT molecular complexity index is 651. The van der Waals surface area contributed by atoms with Crippen molar-refractivity contribution in [1.82, 2.24) is 15.5 Å². The summed E-state index contributed by atoms with van der Waals surface area (Å²) in [5.74, 6) is 0.838. The van der Waals surface area contributed by atoms with Gasteiger partial charge in [0, 0.05) is 49.5 Å². The van der Waals surface area contributed by atoms with Crippen molar-refractivity contribution in [2.24, 2.45) is 4.99 Å². The van der Waals surface area contributed by atoms with E-state index in [1.807, 2.05) is 30.0 Å². The highest BCUT2D eigenvalue weighted by Crippen LogP contribution is 2.23. The molecule has 2 N–H and O–H groups in total. The lowest BCUT2D eigenvalue weighted by molar-refractivity contribution is -0.128. The van der Waals surface area contributed by atoms with Crippen LogP contribution in [0, 0.1) is 0 Å². The van der Waals surface area contributed by atoms with E-state index in [9.17, 15) is 4.79 Å². The van der Waals surface area contributed by atoms with Crippen LogP contribution in [0.3, 0.4) is 0 Å². The van der Waals surface area contributed by atoms with Crippen LogP contribution >= 0.6 is 35.6 Å². The van der Waals surface area contributed by atoms with Gasteiger partial charge in [-0.25, -0.2) is 4.99 Å². The van der Waals surface area contributed by atoms with E-state index in [4.69, 9.17) is 11.6 Å². The van der Waals surface area contributed by atoms with Crippen LogP contribution < -0.4 is 15.5 Å². The third kappa shape index (κ3) is 6.41. The van der Waals surface area contributed by atoms with E-state index in [0.717, 1.165) is 68.7 Å². The van der Waals surface area contributed by atoms with Crippen LogP contribution in [0.1, 0.15) is 26.2 Å². The zero-order valence-electron chi connectivity index (χ0n) is 15.8. The number of hydrogen-bond donors (Lipinski definition) is 2. The number of likely N-dealkylation sites (tertiary alicyclic amines) is 1. The summed E-state index contributed by atoms with van der Waals surface area (Å²) in [7, 11) is 0. The van der Waals surface area contributed by atoms with Crippen LogP contribution in [0.4, 0.5) is 5.69 Å². The fraction of sp³-hybridized carbons (Fsp3) is 0.579. The molecule has 2 aliphatic rings. The first-order valence-electron chi connectivity index (χ1n) is 9.49. The van der Waals surface area contributed by atoms with E-state index in [2.05, 4.69) is 26.6 Å². The lowest BCUT2D eigenvalue weighted by Gasteiger charge is -2.21. The summed E-state index contributed by atoms with van der Waals surface area (Å²) < 4.78 is 0. The number of amides is 1. The SMILES string of the molecule is CCNC(=NCC(=O)N1CCCC1)NC1CCN(c2cccc(Cl)c2)C1.I. The molecule has 27 heavy (non-hydrogen) atoms. The van der Waals surface area contributed by atoms with Gasteiger partial charge in [-0.05, 0) is 44.4 Å². The highest BCUT2D eigenvalue weighted by molar-refractivity contribution is 14.0. The molecule has 0 aliphatic carbocycles. The summed E-state index contributed by atoms with van der Waals surface area (Å²) in [6.45, 7) is 6.63. The van der Waals surface area contributed by atoms with Crippen LogP contribution in [-0.4, -0.2) is 62.1 Å². The maximum absolute atomic E-state index is 12.2. The third-order valence-corrected chi connectivity index (χ3v) is 5.11. The Balaban J connectivity index is 0.00000261. The number of rotatable bonds is 5. The van der Waals surface area contributed by atoms with Gasteiger partial charge in [-0.1, -0.05) is 17.7 Å². The number of halogens is 2. The molecule has 8 heteroatoms. The second-order valence-corrected chi connectivity index (χ2v) is 7.28. The Kier molecular flexibility index (Phi) is 8.95. The Morgan fingerprint density at radius 3 is 2.78 bits per heavy atom. The number of nitrogens with zero attached hydrogens (tertiary/aromatic N) is 3. The molecule has 0 spiro atoms. The summed E-state index contributed by atoms with van der Waals surface area (Å²) in [4.78, 5) is 20.9. The van der Waals surface area contributed by atoms with Gasteiger partial charge in [0.05, 0.1) is 0 Å². The van der Waals surface area contributed by atoms with Crippen molar-refractivity contribution >= 4 is 53.1 Å². The minimum Gasteiger partial charge on any atom is -0.369 e. The van der Waals surface area contributed by atoms with Crippen LogP contribution in [0.5, 0.6) is 0 Å². The molecule has 1 unspecified atom stereocenters. The van der Waals surface area contributed by atoms with Crippen LogP contribution in [-0.2, 0) is 4.79 Å². The molecule has 6 nitrogen and oxygen atoms in total. The molecule has 1 amide bonds. The van der Waals surface area contributed by atoms with Crippen molar-refractivity contribution in [3.05, 3.63) is 29.3 Å². The standard InChI is InChI=1S/C19H28ClN5O.HI/c1-2-21-19(22-13-18(26)24-9-3-4-10-24)23-16-8-11-25(14-16)17-7-5-6-15(20)12-17;/h5-7,12,16H,2-4,8-11,13-14H2,1H3,(H2,21,22,23);1H. The third-order valence-electron chi connectivity index (χ3n) is 4.88. The fourth-order valence-electron chi connectivity index (χ4n) is 3.51. The first-order chi connectivity index (χ1) is 12.7. The van der Waals surface area contributed by atoms with Gasteiger partial charge in [-0.3, -0.25) is 4.79 Å². The van der Waals surface area contributed by atoms with Crippen molar-refractivity contribution < 1.29 is 4.79 Å². The molecule has 0 bridgehead atoms. The average Bonchev–Trinajstić information content (AvgIpc) is 3.31. The minimum atomic E-state index is 0. The van der Waals surface area contributed by atoms with Crippen molar-refractivity contribution in [2.75, 3.05) is 44.2 Å². The van der Waals surface area contributed by atoms with E-state index in [0.29, 0.717) is 6.04 Å². The van der Waals surface area contributed by atoms with Gasteiger partial charge in [-0.2, -0.15) is 0 Å². The zero-order chi connectivity index (χ0) is 18.4. The molecule has 1 aromatic carbocycles. The van der Waals surface area contributed by atoms with Gasteiger partial charge >= 0.3 is 0 Å². The molecule has 3 rings (SSSR count). The van der Waals surface area contributed by atoms with Gasteiger partial charge in [0.25, 0.3) is 0 Å². The maximum Gasteiger partial charge on any atom is 0.244 e. The molecule has 0 aromatic heterocycles. The molecule has 2 aliphatic heterocycles. The fourth-order valence-corrected chi connectivity index (χ4v) is 3.70. The average molecular weight is 506 g/mol. The normalized spacial score (nSPS) is 19.8. The van der Waals surface area contributed by atoms with Crippen LogP contribution in [0.25, 0.3) is 0 Å². The maximum atomic E-state index is 12.2. The molecule has 0 saturated carbocycles. The van der Waals surface area contributed by atoms with E-state index in [-0.39, 0.29) is 36.4 Å². The van der Waals surface area contributed by atoms with Crippen molar-refractivity contribution in [2.45, 2.75) is 32.2 Å². The van der Waals surface area contributed by atoms with Crippen molar-refractivity contribution in [3.8, 4) is 0 Å². The summed E-state index contributed by atoms with van der Waals surface area (Å²) in [5, 5.41) is 7.48. The molecule has 1 atom stereocenters. The monoisotopic (exact) mass is 505 g/mol. The van der Waals surface area contributed by atoms with Gasteiger partial charge in [0.1, 0.15) is 6.54 Å². The topological polar surface area (TPSA) is 60.0 Å². The van der Waals surface area contributed by atoms with Crippen LogP contribution in [0.15, 0.2) is 29.3 Å². The largest absolute Gasteiger partial charge is 0.369 e. The minimum absolute atomic E-state index is 0. The quantitative estimate of drug-likeness (QED) is 0.367.